The van der Waals surface area contributed by atoms with E-state index >= 15 is 0 Å². The number of carbonyl (C=O) groups excluding carboxylic acids is 12. The molecule has 0 N–H and O–H groups in total. The standard InChI is InChI=1S/C16H17I3O7S.C16H15I3O7S.C14H15F2IO4.C12H13IO7S.C11H7F2I3O7S.C11H9F2IO7S/c2*17-10-7-12(14(19)13(18)8-10)16(21)26-11-3-1-9(2-4-11)15(20)25-5-6-27(22,23)24;1-14(15,16)9-21-12(18)3-2-8-20-13(19)10-4-6-11(17)7-5-10;13-10-3-1-2-9(8-10)12(15)20-5-4-11(14)19-6-7-21(16,17)18;12-11(13,24(19,20)21)4-23-8(17)3-22-10(18)6-1-5(14)2-7(15)9(6)16;12-11(13,22(17,18)19)6-21-9(15)5-20-10(16)7-3-1-2-4-8(7)14/h7-9,11H,1-6H2,(H,22,23,24);1,3,7-9,11H,2,4-6H2,(H,22,23,24);4-7H,2-3,8-9H2,1H3;1-3,8H,4-7H2,(H,16,17,18);1-2H,3-4H2,(H,19,20,21);1-4H,5-6H2,(H,17,18,19)/p-5. The van der Waals surface area contributed by atoms with E-state index in [-0.39, 0.29) is 61.6 Å². The predicted octanol–water partition coefficient (Wildman–Crippen LogP) is 14.2. The van der Waals surface area contributed by atoms with Crippen molar-refractivity contribution in [2.75, 3.05) is 83.3 Å². The lowest BCUT2D eigenvalue weighted by atomic mass is 9.87. The number of carbonyl (C=O) groups is 12. The number of alkyl halides is 6. The highest BCUT2D eigenvalue weighted by Crippen LogP contribution is 2.33. The minimum Gasteiger partial charge on any atom is -0.748 e. The van der Waals surface area contributed by atoms with Gasteiger partial charge in [0.2, 0.25) is 0 Å². The summed E-state index contributed by atoms with van der Waals surface area (Å²) in [5.41, 5.74) is 2.15. The summed E-state index contributed by atoms with van der Waals surface area (Å²) in [6, 6.07) is 30.7. The van der Waals surface area contributed by atoms with Crippen LogP contribution in [0.5, 0.6) is 0 Å². The van der Waals surface area contributed by atoms with Crippen LogP contribution < -0.4 is 0 Å². The van der Waals surface area contributed by atoms with Gasteiger partial charge in [0.15, 0.2) is 53.3 Å². The molecule has 0 radical (unpaired) electrons. The van der Waals surface area contributed by atoms with Crippen molar-refractivity contribution in [1.29, 1.82) is 0 Å². The van der Waals surface area contributed by atoms with Gasteiger partial charge >= 0.3 is 82.1 Å². The summed E-state index contributed by atoms with van der Waals surface area (Å²) in [5.74, 6) is -15.2. The molecule has 0 heterocycles. The Morgan fingerprint density at radius 2 is 0.761 bits per heavy atom. The molecule has 0 saturated heterocycles. The monoisotopic (exact) mass is 3450 g/mol. The summed E-state index contributed by atoms with van der Waals surface area (Å²) in [4.78, 5) is 140. The summed E-state index contributed by atoms with van der Waals surface area (Å²) in [5, 5.41) is -9.50. The van der Waals surface area contributed by atoms with Crippen molar-refractivity contribution in [2.45, 2.75) is 93.4 Å². The first kappa shape index (κ1) is 133. The Hall–Kier alpha value is -3.41. The molecule has 0 amide bonds. The van der Waals surface area contributed by atoms with E-state index in [1.165, 1.54) is 12.1 Å². The third kappa shape index (κ3) is 54.0. The normalized spacial score (nSPS) is 14.6. The van der Waals surface area contributed by atoms with E-state index < -0.39 is 215 Å². The fraction of sp³-hybridized carbons (Fsp3) is 0.375. The minimum absolute atomic E-state index is 0.0302. The van der Waals surface area contributed by atoms with Gasteiger partial charge in [0, 0.05) is 56.2 Å². The van der Waals surface area contributed by atoms with Gasteiger partial charge in [-0.3, -0.25) is 19.2 Å². The average Bonchev–Trinajstić information content (AvgIpc) is 0.790. The number of esters is 12. The first-order valence-corrected chi connectivity index (χ1v) is 59.4. The third-order valence-corrected chi connectivity index (χ3v) is 33.8. The SMILES string of the molecule is CC(F)(F)COC(=O)CCCOC(=O)c1ccc(I)cc1.O=C(CCOC(=O)c1cccc(I)c1)OCCS(=O)(=O)[O-].O=C(COC(=O)c1cc(I)cc(I)c1I)OCC(F)(F)S(=O)(=O)[O-].O=C(COC(=O)c1ccccc1I)OCC(F)(F)S(=O)(=O)[O-].O=C(OC1C=CC(C(=O)OCCS(=O)(=O)[O-])CC1)c1cc(I)cc(I)c1I.O=C(OC1CCC(C(=O)OCCS(=O)(=O)[O-])CC1)c1cc(I)cc(I)c1I. The van der Waals surface area contributed by atoms with Crippen LogP contribution in [0.1, 0.15) is 127 Å². The number of hydrogen-bond donors (Lipinski definition) is 0. The lowest BCUT2D eigenvalue weighted by Gasteiger charge is -2.27. The largest absolute Gasteiger partial charge is 0.748 e. The Morgan fingerprint density at radius 1 is 0.345 bits per heavy atom. The van der Waals surface area contributed by atoms with Crippen molar-refractivity contribution in [2.24, 2.45) is 11.8 Å². The molecule has 2 atom stereocenters. The van der Waals surface area contributed by atoms with Crippen molar-refractivity contribution >= 4 is 393 Å². The van der Waals surface area contributed by atoms with E-state index in [9.17, 15) is 149 Å². The zero-order chi connectivity index (χ0) is 108. The smallest absolute Gasteiger partial charge is 0.367 e. The van der Waals surface area contributed by atoms with Crippen molar-refractivity contribution in [3.63, 3.8) is 0 Å². The van der Waals surface area contributed by atoms with Crippen LogP contribution in [0.3, 0.4) is 0 Å². The topological polar surface area (TPSA) is 602 Å². The van der Waals surface area contributed by atoms with Gasteiger partial charge in [-0.2, -0.15) is 17.6 Å². The summed E-state index contributed by atoms with van der Waals surface area (Å²) in [6.45, 7) is -7.72. The number of rotatable bonds is 38. The van der Waals surface area contributed by atoms with E-state index in [2.05, 4.69) is 209 Å². The zero-order valence-electron chi connectivity index (χ0n) is 71.7. The van der Waals surface area contributed by atoms with E-state index in [0.29, 0.717) is 74.8 Å². The molecule has 1 fully saturated rings. The Kier molecular flexibility index (Phi) is 59.6. The molecule has 2 aliphatic rings. The molecule has 6 aromatic rings. The zero-order valence-corrected chi connectivity index (χ0v) is 102. The molecule has 1 saturated carbocycles. The fourth-order valence-corrected chi connectivity index (χ4v) is 19.8. The van der Waals surface area contributed by atoms with Gasteiger partial charge in [0.05, 0.1) is 106 Å². The lowest BCUT2D eigenvalue weighted by Crippen LogP contribution is -2.35. The van der Waals surface area contributed by atoms with Crippen LogP contribution in [0.15, 0.2) is 121 Å². The molecular formula is C80H71F6I12O39S5-5. The van der Waals surface area contributed by atoms with Gasteiger partial charge in [-0.15, -0.1) is 0 Å². The molecule has 0 aliphatic heterocycles. The van der Waals surface area contributed by atoms with Crippen LogP contribution in [-0.2, 0) is 136 Å². The minimum atomic E-state index is -5.96. The highest BCUT2D eigenvalue weighted by Gasteiger charge is 2.41. The molecule has 0 aromatic heterocycles. The maximum atomic E-state index is 12.8. The highest BCUT2D eigenvalue weighted by atomic mass is 127. The Morgan fingerprint density at radius 3 is 1.20 bits per heavy atom. The second-order valence-corrected chi connectivity index (χ2v) is 49.7. The summed E-state index contributed by atoms with van der Waals surface area (Å²) < 4.78 is 298. The van der Waals surface area contributed by atoms with Crippen molar-refractivity contribution in [3.8, 4) is 0 Å². The maximum Gasteiger partial charge on any atom is 0.367 e. The van der Waals surface area contributed by atoms with E-state index in [0.717, 1.165) is 35.7 Å². The highest BCUT2D eigenvalue weighted by molar-refractivity contribution is 14.1. The number of benzene rings is 6. The molecule has 62 heteroatoms. The van der Waals surface area contributed by atoms with Gasteiger partial charge in [-0.1, -0.05) is 24.3 Å². The Balaban J connectivity index is 0.000000439. The van der Waals surface area contributed by atoms with Gasteiger partial charge in [0.25, 0.3) is 5.92 Å². The van der Waals surface area contributed by atoms with E-state index in [4.69, 9.17) is 28.4 Å². The fourth-order valence-electron chi connectivity index (χ4n) is 9.92. The molecule has 2 unspecified atom stereocenters. The van der Waals surface area contributed by atoms with E-state index in [1.54, 1.807) is 91.0 Å². The van der Waals surface area contributed by atoms with Gasteiger partial charge in [0.1, 0.15) is 38.6 Å². The van der Waals surface area contributed by atoms with Gasteiger partial charge in [-0.05, 0) is 413 Å². The maximum absolute atomic E-state index is 12.8. The molecule has 6 aromatic carbocycles. The van der Waals surface area contributed by atoms with Gasteiger partial charge < -0.3 is 79.6 Å². The van der Waals surface area contributed by atoms with Crippen molar-refractivity contribution < 1.29 is 206 Å². The third-order valence-electron chi connectivity index (χ3n) is 16.7. The molecule has 142 heavy (non-hydrogen) atoms. The second-order valence-electron chi connectivity index (χ2n) is 28.0. The van der Waals surface area contributed by atoms with Crippen LogP contribution >= 0.6 is 271 Å². The van der Waals surface area contributed by atoms with Crippen LogP contribution in [-0.4, -0.2) is 248 Å². The molecule has 8 rings (SSSR count). The Bertz CT molecular complexity index is 6100. The molecule has 0 bridgehead atoms. The summed E-state index contributed by atoms with van der Waals surface area (Å²) in [6.07, 6.45) is 5.31. The van der Waals surface area contributed by atoms with Crippen LogP contribution in [0, 0.1) is 54.7 Å². The first-order chi connectivity index (χ1) is 65.6. The summed E-state index contributed by atoms with van der Waals surface area (Å²) in [7, 11) is -25.1. The van der Waals surface area contributed by atoms with Crippen LogP contribution in [0.4, 0.5) is 26.3 Å². The molecule has 2 aliphatic carbocycles. The lowest BCUT2D eigenvalue weighted by molar-refractivity contribution is -0.154. The summed E-state index contributed by atoms with van der Waals surface area (Å²) >= 11 is 24.8. The molecular weight excluding hydrogens is 3380 g/mol. The van der Waals surface area contributed by atoms with Crippen molar-refractivity contribution in [3.05, 3.63) is 198 Å². The van der Waals surface area contributed by atoms with Gasteiger partial charge in [-0.25, -0.2) is 89.2 Å². The van der Waals surface area contributed by atoms with Crippen molar-refractivity contribution in [1.82, 2.24) is 0 Å². The Labute approximate surface area is 971 Å². The van der Waals surface area contributed by atoms with Crippen LogP contribution in [0.2, 0.25) is 0 Å². The predicted molar refractivity (Wildman–Crippen MR) is 578 cm³/mol. The second kappa shape index (κ2) is 63.8. The van der Waals surface area contributed by atoms with Crippen LogP contribution in [0.25, 0.3) is 0 Å². The number of halogens is 18. The molecule has 39 nitrogen and oxygen atoms in total. The van der Waals surface area contributed by atoms with E-state index in [1.807, 2.05) is 109 Å². The first-order valence-electron chi connectivity index (χ1n) is 38.9. The molecule has 0 spiro atoms. The number of ether oxygens (including phenoxy) is 12. The quantitative estimate of drug-likeness (QED) is 0.00508. The molecule has 786 valence electrons. The average molecular weight is 3450 g/mol. The number of hydrogen-bond acceptors (Lipinski definition) is 39.